The van der Waals surface area contributed by atoms with Crippen LogP contribution in [-0.4, -0.2) is 104 Å². The zero-order valence-electron chi connectivity index (χ0n) is 25.5. The molecule has 0 fully saturated rings. The zero-order chi connectivity index (χ0) is 28.0. The second-order valence-electron chi connectivity index (χ2n) is 10.1. The summed E-state index contributed by atoms with van der Waals surface area (Å²) in [7, 11) is 5.51. The van der Waals surface area contributed by atoms with Gasteiger partial charge in [-0.1, -0.05) is 38.1 Å². The lowest BCUT2D eigenvalue weighted by Crippen LogP contribution is -2.48. The maximum absolute atomic E-state index is 5.63. The van der Waals surface area contributed by atoms with Crippen molar-refractivity contribution in [2.24, 2.45) is 0 Å². The predicted octanol–water partition coefficient (Wildman–Crippen LogP) is 3.76. The van der Waals surface area contributed by atoms with E-state index in [2.05, 4.69) is 23.7 Å². The van der Waals surface area contributed by atoms with Gasteiger partial charge in [0.15, 0.2) is 0 Å². The Labute approximate surface area is 234 Å². The van der Waals surface area contributed by atoms with E-state index in [-0.39, 0.29) is 9.52 Å². The Morgan fingerprint density at radius 1 is 0.514 bits per heavy atom. The Kier molecular flexibility index (Phi) is 22.5. The lowest BCUT2D eigenvalue weighted by molar-refractivity contribution is 0.122. The largest absolute Gasteiger partial charge is 0.500 e. The lowest BCUT2D eigenvalue weighted by atomic mass is 10.1. The third-order valence-electron chi connectivity index (χ3n) is 7.53. The van der Waals surface area contributed by atoms with E-state index < -0.39 is 25.9 Å². The minimum atomic E-state index is -2.40. The summed E-state index contributed by atoms with van der Waals surface area (Å²) in [5.74, 6) is 0.464. The van der Waals surface area contributed by atoms with Crippen molar-refractivity contribution in [3.8, 4) is 0 Å². The molecule has 0 heterocycles. The Balaban J connectivity index is 4.30. The molecular formula is C24H60N2O7Si4. The number of hydrogen-bond acceptors (Lipinski definition) is 9. The summed E-state index contributed by atoms with van der Waals surface area (Å²) in [5, 5.41) is 7.59. The monoisotopic (exact) mass is 600 g/mol. The Bertz CT molecular complexity index is 495. The Morgan fingerprint density at radius 2 is 0.919 bits per heavy atom. The van der Waals surface area contributed by atoms with Gasteiger partial charge in [-0.2, -0.15) is 0 Å². The van der Waals surface area contributed by atoms with Gasteiger partial charge in [0.05, 0.1) is 9.52 Å². The van der Waals surface area contributed by atoms with Gasteiger partial charge in [-0.15, -0.1) is 0 Å². The molecule has 0 unspecified atom stereocenters. The van der Waals surface area contributed by atoms with Crippen LogP contribution in [0.15, 0.2) is 0 Å². The molecule has 0 spiro atoms. The molecule has 37 heavy (non-hydrogen) atoms. The van der Waals surface area contributed by atoms with Gasteiger partial charge in [0.1, 0.15) is 0 Å². The van der Waals surface area contributed by atoms with Crippen LogP contribution in [-0.2, 0) is 31.0 Å². The number of rotatable bonds is 27. The van der Waals surface area contributed by atoms with Gasteiger partial charge in [-0.3, -0.25) is 0 Å². The van der Waals surface area contributed by atoms with Crippen LogP contribution in [0.1, 0.15) is 51.4 Å². The molecule has 9 nitrogen and oxygen atoms in total. The minimum absolute atomic E-state index is 0.261. The van der Waals surface area contributed by atoms with Crippen molar-refractivity contribution in [2.75, 3.05) is 62.9 Å². The standard InChI is InChI=1S/C24H60N2O7Si4/c1-27-35(8,28-2)21-16-18-25-24(26-19-17-22-36(9,29-3)30-4)34-20-14-12-10-11-13-15-23-37(31-5,32-6)33-7/h24-26H,10-23,34H2,1-9H3. The zero-order valence-corrected chi connectivity index (χ0v) is 30.0. The summed E-state index contributed by atoms with van der Waals surface area (Å²) >= 11 is 0. The molecule has 0 rings (SSSR count). The molecule has 0 aromatic heterocycles. The van der Waals surface area contributed by atoms with E-state index >= 15 is 0 Å². The highest BCUT2D eigenvalue weighted by atomic mass is 28.4. The van der Waals surface area contributed by atoms with Crippen LogP contribution in [0.25, 0.3) is 0 Å². The Hall–Kier alpha value is 0.508. The average molecular weight is 601 g/mol. The SMILES string of the molecule is CO[Si](C)(CCCNC(NCCC[Si](C)(OC)OC)[SiH2]CCCCCCCC[Si](OC)(OC)OC)OC. The third kappa shape index (κ3) is 17.0. The molecule has 0 aromatic carbocycles. The molecule has 2 N–H and O–H groups in total. The van der Waals surface area contributed by atoms with Crippen molar-refractivity contribution >= 4 is 35.4 Å². The summed E-state index contributed by atoms with van der Waals surface area (Å²) in [6, 6.07) is 4.28. The highest BCUT2D eigenvalue weighted by Gasteiger charge is 2.36. The van der Waals surface area contributed by atoms with Gasteiger partial charge in [0.25, 0.3) is 0 Å². The molecule has 0 aliphatic heterocycles. The van der Waals surface area contributed by atoms with Crippen LogP contribution in [0, 0.1) is 0 Å². The molecule has 0 radical (unpaired) electrons. The molecule has 0 aliphatic rings. The molecule has 0 amide bonds. The van der Waals surface area contributed by atoms with E-state index in [1.807, 2.05) is 0 Å². The van der Waals surface area contributed by atoms with E-state index in [9.17, 15) is 0 Å². The molecule has 224 valence electrons. The van der Waals surface area contributed by atoms with Gasteiger partial charge in [0, 0.05) is 61.6 Å². The summed E-state index contributed by atoms with van der Waals surface area (Å²) < 4.78 is 39.1. The second-order valence-corrected chi connectivity index (χ2v) is 22.4. The van der Waals surface area contributed by atoms with E-state index in [0.717, 1.165) is 50.5 Å². The first-order chi connectivity index (χ1) is 17.7. The maximum atomic E-state index is 5.63. The predicted molar refractivity (Wildman–Crippen MR) is 163 cm³/mol. The molecular weight excluding hydrogens is 541 g/mol. The fourth-order valence-electron chi connectivity index (χ4n) is 4.35. The van der Waals surface area contributed by atoms with Gasteiger partial charge in [0.2, 0.25) is 0 Å². The van der Waals surface area contributed by atoms with Gasteiger partial charge >= 0.3 is 25.9 Å². The van der Waals surface area contributed by atoms with Crippen molar-refractivity contribution in [3.63, 3.8) is 0 Å². The first kappa shape index (κ1) is 37.5. The first-order valence-electron chi connectivity index (χ1n) is 14.0. The fraction of sp³-hybridized carbons (Fsp3) is 1.00. The minimum Gasteiger partial charge on any atom is -0.398 e. The molecule has 0 bridgehead atoms. The molecule has 0 aliphatic carbocycles. The van der Waals surface area contributed by atoms with E-state index in [1.54, 1.807) is 49.8 Å². The first-order valence-corrected chi connectivity index (χ1v) is 22.8. The smallest absolute Gasteiger partial charge is 0.398 e. The van der Waals surface area contributed by atoms with E-state index in [0.29, 0.717) is 5.79 Å². The van der Waals surface area contributed by atoms with Gasteiger partial charge in [-0.05, 0) is 57.5 Å². The van der Waals surface area contributed by atoms with E-state index in [4.69, 9.17) is 31.0 Å². The van der Waals surface area contributed by atoms with Crippen molar-refractivity contribution in [2.45, 2.75) is 94.4 Å². The Morgan fingerprint density at radius 3 is 1.32 bits per heavy atom. The molecule has 0 saturated heterocycles. The molecule has 0 aromatic rings. The van der Waals surface area contributed by atoms with Crippen LogP contribution in [0.2, 0.25) is 37.3 Å². The van der Waals surface area contributed by atoms with Crippen LogP contribution in [0.3, 0.4) is 0 Å². The number of nitrogens with one attached hydrogen (secondary N) is 2. The quantitative estimate of drug-likeness (QED) is 0.0831. The van der Waals surface area contributed by atoms with Crippen molar-refractivity contribution in [1.29, 1.82) is 0 Å². The highest BCUT2D eigenvalue weighted by Crippen LogP contribution is 2.18. The normalized spacial score (nSPS) is 13.5. The molecule has 0 atom stereocenters. The van der Waals surface area contributed by atoms with Crippen molar-refractivity contribution < 1.29 is 31.0 Å². The van der Waals surface area contributed by atoms with Crippen molar-refractivity contribution in [1.82, 2.24) is 10.6 Å². The van der Waals surface area contributed by atoms with Gasteiger partial charge in [-0.25, -0.2) is 0 Å². The number of hydrogen-bond donors (Lipinski definition) is 2. The van der Waals surface area contributed by atoms with E-state index in [1.165, 1.54) is 38.1 Å². The average Bonchev–Trinajstić information content (AvgIpc) is 2.94. The molecule has 0 saturated carbocycles. The summed E-state index contributed by atoms with van der Waals surface area (Å²) in [6.45, 7) is 6.26. The maximum Gasteiger partial charge on any atom is 0.500 e. The highest BCUT2D eigenvalue weighted by molar-refractivity contribution is 6.66. The van der Waals surface area contributed by atoms with Crippen molar-refractivity contribution in [3.05, 3.63) is 0 Å². The summed E-state index contributed by atoms with van der Waals surface area (Å²) in [4.78, 5) is 0. The van der Waals surface area contributed by atoms with Crippen LogP contribution in [0.4, 0.5) is 0 Å². The fourth-order valence-corrected chi connectivity index (χ4v) is 10.8. The van der Waals surface area contributed by atoms with Crippen LogP contribution >= 0.6 is 0 Å². The molecule has 13 heteroatoms. The topological polar surface area (TPSA) is 88.7 Å². The summed E-state index contributed by atoms with van der Waals surface area (Å²) in [6.07, 6.45) is 9.69. The number of unbranched alkanes of at least 4 members (excludes halogenated alkanes) is 5. The second kappa shape index (κ2) is 22.2. The van der Waals surface area contributed by atoms with Crippen LogP contribution < -0.4 is 10.6 Å². The third-order valence-corrected chi connectivity index (χ3v) is 18.4. The lowest BCUT2D eigenvalue weighted by Gasteiger charge is -2.25. The summed E-state index contributed by atoms with van der Waals surface area (Å²) in [5.41, 5.74) is 0. The van der Waals surface area contributed by atoms with Crippen LogP contribution in [0.5, 0.6) is 0 Å². The van der Waals surface area contributed by atoms with Gasteiger partial charge < -0.3 is 41.6 Å².